The molecular weight excluding hydrogens is 340 g/mol. The molecule has 1 aromatic heterocycles. The van der Waals surface area contributed by atoms with Gasteiger partial charge in [-0.3, -0.25) is 4.79 Å². The van der Waals surface area contributed by atoms with Crippen molar-refractivity contribution in [3.63, 3.8) is 0 Å². The average Bonchev–Trinajstić information content (AvgIpc) is 2.87. The first-order valence-electron chi connectivity index (χ1n) is 5.56. The fourth-order valence-corrected chi connectivity index (χ4v) is 4.99. The van der Waals surface area contributed by atoms with Crippen LogP contribution < -0.4 is 0 Å². The number of sulfone groups is 1. The summed E-state index contributed by atoms with van der Waals surface area (Å²) in [6.07, 6.45) is 1.41. The van der Waals surface area contributed by atoms with Crippen LogP contribution in [0.3, 0.4) is 0 Å². The average molecular weight is 353 g/mol. The second-order valence-corrected chi connectivity index (χ2v) is 8.09. The molecule has 1 aliphatic rings. The lowest BCUT2D eigenvalue weighted by Gasteiger charge is -2.09. The Kier molecular flexibility index (Phi) is 4.58. The third kappa shape index (κ3) is 3.63. The van der Waals surface area contributed by atoms with Crippen LogP contribution in [-0.4, -0.2) is 38.4 Å². The van der Waals surface area contributed by atoms with E-state index in [9.17, 15) is 13.2 Å². The summed E-state index contributed by atoms with van der Waals surface area (Å²) in [5.41, 5.74) is 0. The Balaban J connectivity index is 1.99. The molecule has 0 N–H and O–H groups in total. The lowest BCUT2D eigenvalue weighted by molar-refractivity contribution is 0.102. The molecule has 4 nitrogen and oxygen atoms in total. The summed E-state index contributed by atoms with van der Waals surface area (Å²) in [7, 11) is -3.40. The highest BCUT2D eigenvalue weighted by Crippen LogP contribution is 2.24. The Morgan fingerprint density at radius 2 is 2.33 bits per heavy atom. The van der Waals surface area contributed by atoms with Crippen molar-refractivity contribution in [2.45, 2.75) is 18.9 Å². The smallest absolute Gasteiger partial charge is 0.188 e. The minimum absolute atomic E-state index is 0.0538. The Morgan fingerprint density at radius 1 is 1.56 bits per heavy atom. The number of Topliss-reactive ketones (excluding diaryl/α,β-unsaturated/α-hetero) is 1. The van der Waals surface area contributed by atoms with Gasteiger partial charge in [0.1, 0.15) is 5.75 Å². The van der Waals surface area contributed by atoms with E-state index in [1.54, 1.807) is 11.4 Å². The Hall–Kier alpha value is -0.240. The molecule has 0 amide bonds. The maximum absolute atomic E-state index is 11.9. The molecule has 1 unspecified atom stereocenters. The van der Waals surface area contributed by atoms with Gasteiger partial charge in [0.25, 0.3) is 0 Å². The Labute approximate surface area is 118 Å². The quantitative estimate of drug-likeness (QED) is 0.762. The van der Waals surface area contributed by atoms with Gasteiger partial charge in [0.15, 0.2) is 15.6 Å². The van der Waals surface area contributed by atoms with Crippen molar-refractivity contribution >= 4 is 42.9 Å². The van der Waals surface area contributed by atoms with E-state index in [0.717, 1.165) is 12.8 Å². The highest BCUT2D eigenvalue weighted by atomic mass is 79.9. The molecule has 1 saturated heterocycles. The number of carbonyl (C=O) groups excluding carboxylic acids is 1. The van der Waals surface area contributed by atoms with E-state index in [-0.39, 0.29) is 17.6 Å². The van der Waals surface area contributed by atoms with Gasteiger partial charge in [-0.05, 0) is 40.2 Å². The first kappa shape index (κ1) is 14.2. The van der Waals surface area contributed by atoms with Crippen LogP contribution in [0, 0.1) is 0 Å². The van der Waals surface area contributed by atoms with E-state index in [2.05, 4.69) is 15.9 Å². The Morgan fingerprint density at radius 3 is 2.89 bits per heavy atom. The molecule has 0 spiro atoms. The van der Waals surface area contributed by atoms with Crippen molar-refractivity contribution in [3.8, 4) is 0 Å². The predicted molar refractivity (Wildman–Crippen MR) is 74.0 cm³/mol. The zero-order valence-corrected chi connectivity index (χ0v) is 12.8. The van der Waals surface area contributed by atoms with Crippen LogP contribution in [0.4, 0.5) is 0 Å². The third-order valence-corrected chi connectivity index (χ3v) is 6.15. The summed E-state index contributed by atoms with van der Waals surface area (Å²) in [4.78, 5) is 12.3. The van der Waals surface area contributed by atoms with Gasteiger partial charge in [-0.1, -0.05) is 0 Å². The van der Waals surface area contributed by atoms with Gasteiger partial charge < -0.3 is 4.74 Å². The molecule has 0 aromatic carbocycles. The van der Waals surface area contributed by atoms with E-state index < -0.39 is 15.6 Å². The van der Waals surface area contributed by atoms with E-state index >= 15 is 0 Å². The van der Waals surface area contributed by atoms with Crippen molar-refractivity contribution in [1.82, 2.24) is 0 Å². The van der Waals surface area contributed by atoms with E-state index in [4.69, 9.17) is 4.74 Å². The third-order valence-electron chi connectivity index (χ3n) is 2.69. The number of ether oxygens (including phenoxy) is 1. The van der Waals surface area contributed by atoms with Gasteiger partial charge in [-0.15, -0.1) is 11.3 Å². The number of thiophene rings is 1. The van der Waals surface area contributed by atoms with Crippen molar-refractivity contribution in [1.29, 1.82) is 0 Å². The molecule has 1 fully saturated rings. The maximum atomic E-state index is 11.9. The molecule has 0 saturated carbocycles. The van der Waals surface area contributed by atoms with E-state index in [1.807, 2.05) is 0 Å². The summed E-state index contributed by atoms with van der Waals surface area (Å²) in [5.74, 6) is -0.844. The molecule has 0 aliphatic carbocycles. The fourth-order valence-electron chi connectivity index (χ4n) is 1.88. The van der Waals surface area contributed by atoms with Gasteiger partial charge in [0.05, 0.1) is 16.7 Å². The number of carbonyl (C=O) groups is 1. The summed E-state index contributed by atoms with van der Waals surface area (Å²) in [6, 6.07) is 1.74. The normalized spacial score (nSPS) is 20.2. The zero-order valence-electron chi connectivity index (χ0n) is 9.60. The predicted octanol–water partition coefficient (Wildman–Crippen LogP) is 2.29. The van der Waals surface area contributed by atoms with Crippen LogP contribution in [0.25, 0.3) is 0 Å². The van der Waals surface area contributed by atoms with E-state index in [0.29, 0.717) is 16.0 Å². The topological polar surface area (TPSA) is 60.4 Å². The number of halogens is 1. The largest absolute Gasteiger partial charge is 0.377 e. The number of hydrogen-bond acceptors (Lipinski definition) is 5. The highest BCUT2D eigenvalue weighted by molar-refractivity contribution is 9.10. The number of ketones is 1. The van der Waals surface area contributed by atoms with Crippen LogP contribution >= 0.6 is 27.3 Å². The molecule has 1 atom stereocenters. The van der Waals surface area contributed by atoms with Gasteiger partial charge in [-0.2, -0.15) is 0 Å². The van der Waals surface area contributed by atoms with Crippen molar-refractivity contribution in [3.05, 3.63) is 20.8 Å². The monoisotopic (exact) mass is 352 g/mol. The summed E-state index contributed by atoms with van der Waals surface area (Å²) >= 11 is 4.48. The van der Waals surface area contributed by atoms with Crippen LogP contribution in [0.5, 0.6) is 0 Å². The zero-order chi connectivity index (χ0) is 13.2. The summed E-state index contributed by atoms with van der Waals surface area (Å²) in [5, 5.41) is 1.75. The summed E-state index contributed by atoms with van der Waals surface area (Å²) < 4.78 is 29.7. The van der Waals surface area contributed by atoms with Gasteiger partial charge >= 0.3 is 0 Å². The lowest BCUT2D eigenvalue weighted by Crippen LogP contribution is -2.26. The highest BCUT2D eigenvalue weighted by Gasteiger charge is 2.26. The molecule has 0 radical (unpaired) electrons. The second kappa shape index (κ2) is 5.81. The maximum Gasteiger partial charge on any atom is 0.188 e. The van der Waals surface area contributed by atoms with Crippen molar-refractivity contribution in [2.24, 2.45) is 0 Å². The van der Waals surface area contributed by atoms with Crippen LogP contribution in [0.2, 0.25) is 0 Å². The Bertz CT molecular complexity index is 529. The lowest BCUT2D eigenvalue weighted by atomic mass is 10.3. The van der Waals surface area contributed by atoms with Crippen LogP contribution in [-0.2, 0) is 14.6 Å². The van der Waals surface area contributed by atoms with Crippen LogP contribution in [0.1, 0.15) is 22.5 Å². The number of hydrogen-bond donors (Lipinski definition) is 0. The minimum Gasteiger partial charge on any atom is -0.377 e. The molecule has 7 heteroatoms. The SMILES string of the molecule is O=C(CS(=O)(=O)CC1CCCO1)c1sccc1Br. The molecule has 1 aliphatic heterocycles. The standard InChI is InChI=1S/C11H13BrO4S2/c12-9-3-5-17-11(9)10(13)7-18(14,15)6-8-2-1-4-16-8/h3,5,8H,1-2,4,6-7H2. The van der Waals surface area contributed by atoms with Crippen molar-refractivity contribution in [2.75, 3.05) is 18.1 Å². The van der Waals surface area contributed by atoms with Gasteiger partial charge in [0.2, 0.25) is 0 Å². The van der Waals surface area contributed by atoms with Gasteiger partial charge in [-0.25, -0.2) is 8.42 Å². The number of rotatable bonds is 5. The fraction of sp³-hybridized carbons (Fsp3) is 0.545. The minimum atomic E-state index is -3.40. The molecule has 2 heterocycles. The molecule has 18 heavy (non-hydrogen) atoms. The van der Waals surface area contributed by atoms with Crippen molar-refractivity contribution < 1.29 is 17.9 Å². The first-order valence-corrected chi connectivity index (χ1v) is 9.05. The first-order chi connectivity index (χ1) is 8.48. The molecule has 1 aromatic rings. The summed E-state index contributed by atoms with van der Waals surface area (Å²) in [6.45, 7) is 0.616. The molecular formula is C11H13BrO4S2. The van der Waals surface area contributed by atoms with Gasteiger partial charge in [0, 0.05) is 11.1 Å². The molecule has 0 bridgehead atoms. The van der Waals surface area contributed by atoms with E-state index in [1.165, 1.54) is 11.3 Å². The second-order valence-electron chi connectivity index (χ2n) is 4.21. The van der Waals surface area contributed by atoms with Crippen LogP contribution in [0.15, 0.2) is 15.9 Å². The molecule has 100 valence electrons. The molecule has 2 rings (SSSR count).